The van der Waals surface area contributed by atoms with Crippen LogP contribution < -0.4 is 5.32 Å². The Morgan fingerprint density at radius 3 is 2.39 bits per heavy atom. The Balaban J connectivity index is 1.32. The predicted molar refractivity (Wildman–Crippen MR) is 122 cm³/mol. The van der Waals surface area contributed by atoms with Crippen LogP contribution >= 0.6 is 0 Å². The maximum Gasteiger partial charge on any atom is 0.339 e. The summed E-state index contributed by atoms with van der Waals surface area (Å²) in [7, 11) is 1.76. The topological polar surface area (TPSA) is 110 Å². The number of rotatable bonds is 4. The number of pyridine rings is 1. The van der Waals surface area contributed by atoms with Crippen LogP contribution in [0.4, 0.5) is 10.5 Å². The summed E-state index contributed by atoms with van der Waals surface area (Å²) in [5.41, 5.74) is 2.99. The Morgan fingerprint density at radius 1 is 1.03 bits per heavy atom. The van der Waals surface area contributed by atoms with Crippen molar-refractivity contribution < 1.29 is 19.1 Å². The maximum absolute atomic E-state index is 12.8. The molecule has 0 atom stereocenters. The van der Waals surface area contributed by atoms with E-state index in [0.29, 0.717) is 54.2 Å². The number of esters is 1. The Morgan fingerprint density at radius 2 is 1.70 bits per heavy atom. The fourth-order valence-electron chi connectivity index (χ4n) is 3.91. The molecule has 33 heavy (non-hydrogen) atoms. The van der Waals surface area contributed by atoms with Crippen LogP contribution in [0.5, 0.6) is 0 Å². The molecule has 10 nitrogen and oxygen atoms in total. The van der Waals surface area contributed by atoms with Gasteiger partial charge in [0.2, 0.25) is 0 Å². The van der Waals surface area contributed by atoms with E-state index in [0.717, 1.165) is 5.69 Å². The van der Waals surface area contributed by atoms with Crippen LogP contribution in [-0.2, 0) is 16.6 Å². The van der Waals surface area contributed by atoms with Gasteiger partial charge in [0, 0.05) is 44.6 Å². The monoisotopic (exact) mass is 450 g/mol. The van der Waals surface area contributed by atoms with Crippen LogP contribution in [0.1, 0.15) is 21.7 Å². The molecule has 3 heterocycles. The van der Waals surface area contributed by atoms with Crippen LogP contribution in [-0.4, -0.2) is 75.3 Å². The van der Waals surface area contributed by atoms with Crippen molar-refractivity contribution in [3.05, 3.63) is 53.3 Å². The number of piperazine rings is 1. The second-order valence-corrected chi connectivity index (χ2v) is 7.96. The summed E-state index contributed by atoms with van der Waals surface area (Å²) in [5, 5.41) is 7.79. The van der Waals surface area contributed by atoms with Gasteiger partial charge in [-0.2, -0.15) is 5.10 Å². The summed E-state index contributed by atoms with van der Waals surface area (Å²) >= 11 is 0. The van der Waals surface area contributed by atoms with Gasteiger partial charge in [0.25, 0.3) is 5.91 Å². The normalized spacial score (nSPS) is 13.8. The lowest BCUT2D eigenvalue weighted by Crippen LogP contribution is -2.52. The van der Waals surface area contributed by atoms with Gasteiger partial charge in [-0.3, -0.25) is 9.48 Å². The van der Waals surface area contributed by atoms with Crippen molar-refractivity contribution in [1.82, 2.24) is 24.6 Å². The number of carbonyl (C=O) groups excluding carboxylic acids is 3. The van der Waals surface area contributed by atoms with Crippen LogP contribution in [0.3, 0.4) is 0 Å². The molecule has 0 bridgehead atoms. The number of aromatic nitrogens is 3. The molecule has 1 aliphatic heterocycles. The van der Waals surface area contributed by atoms with Gasteiger partial charge in [-0.05, 0) is 32.0 Å². The van der Waals surface area contributed by atoms with E-state index in [9.17, 15) is 14.4 Å². The Bertz CT molecular complexity index is 1200. The average molecular weight is 450 g/mol. The Labute approximate surface area is 191 Å². The van der Waals surface area contributed by atoms with E-state index in [1.807, 2.05) is 30.3 Å². The van der Waals surface area contributed by atoms with Crippen molar-refractivity contribution in [2.75, 3.05) is 38.1 Å². The number of hydrogen-bond donors (Lipinski definition) is 1. The standard InChI is InChI=1S/C23H26N6O4/c1-15-13-18(20-16(2)26-27(3)21(20)24-15)22(31)33-14-19(30)28-9-11-29(12-10-28)23(32)25-17-7-5-4-6-8-17/h4-8,13H,9-12,14H2,1-3H3,(H,25,32). The van der Waals surface area contributed by atoms with Crippen molar-refractivity contribution >= 4 is 34.6 Å². The van der Waals surface area contributed by atoms with E-state index < -0.39 is 5.97 Å². The quantitative estimate of drug-likeness (QED) is 0.610. The number of anilines is 1. The lowest BCUT2D eigenvalue weighted by Gasteiger charge is -2.34. The fraction of sp³-hybridized carbons (Fsp3) is 0.348. The van der Waals surface area contributed by atoms with E-state index in [4.69, 9.17) is 4.74 Å². The number of nitrogens with one attached hydrogen (secondary N) is 1. The van der Waals surface area contributed by atoms with Gasteiger partial charge in [0.1, 0.15) is 0 Å². The smallest absolute Gasteiger partial charge is 0.339 e. The highest BCUT2D eigenvalue weighted by atomic mass is 16.5. The summed E-state index contributed by atoms with van der Waals surface area (Å²) in [4.78, 5) is 45.5. The van der Waals surface area contributed by atoms with E-state index in [-0.39, 0.29) is 18.5 Å². The average Bonchev–Trinajstić information content (AvgIpc) is 3.10. The second-order valence-electron chi connectivity index (χ2n) is 7.96. The van der Waals surface area contributed by atoms with Crippen LogP contribution in [0.25, 0.3) is 11.0 Å². The molecular formula is C23H26N6O4. The van der Waals surface area contributed by atoms with E-state index in [1.54, 1.807) is 41.4 Å². The highest BCUT2D eigenvalue weighted by Gasteiger charge is 2.26. The number of aryl methyl sites for hydroxylation is 3. The zero-order valence-corrected chi connectivity index (χ0v) is 18.9. The molecule has 0 unspecified atom stereocenters. The molecule has 3 aromatic rings. The summed E-state index contributed by atoms with van der Waals surface area (Å²) in [6.07, 6.45) is 0. The third kappa shape index (κ3) is 4.79. The molecule has 3 amide bonds. The third-order valence-corrected chi connectivity index (χ3v) is 5.59. The number of urea groups is 1. The minimum absolute atomic E-state index is 0.205. The predicted octanol–water partition coefficient (Wildman–Crippen LogP) is 2.12. The first-order valence-corrected chi connectivity index (χ1v) is 10.7. The zero-order valence-electron chi connectivity index (χ0n) is 18.9. The molecule has 1 saturated heterocycles. The molecule has 1 aromatic carbocycles. The van der Waals surface area contributed by atoms with Crippen molar-refractivity contribution in [1.29, 1.82) is 0 Å². The molecule has 1 fully saturated rings. The highest BCUT2D eigenvalue weighted by molar-refractivity contribution is 6.04. The maximum atomic E-state index is 12.8. The van der Waals surface area contributed by atoms with Gasteiger partial charge in [0.15, 0.2) is 12.3 Å². The number of para-hydroxylation sites is 1. The number of ether oxygens (including phenoxy) is 1. The lowest BCUT2D eigenvalue weighted by atomic mass is 10.1. The van der Waals surface area contributed by atoms with Gasteiger partial charge in [-0.1, -0.05) is 18.2 Å². The van der Waals surface area contributed by atoms with Crippen molar-refractivity contribution in [2.45, 2.75) is 13.8 Å². The molecule has 4 rings (SSSR count). The second kappa shape index (κ2) is 9.27. The number of carbonyl (C=O) groups is 3. The number of hydrogen-bond acceptors (Lipinski definition) is 6. The lowest BCUT2D eigenvalue weighted by molar-refractivity contribution is -0.135. The summed E-state index contributed by atoms with van der Waals surface area (Å²) < 4.78 is 6.95. The van der Waals surface area contributed by atoms with Gasteiger partial charge in [-0.25, -0.2) is 14.6 Å². The molecule has 0 saturated carbocycles. The number of benzene rings is 1. The first kappa shape index (κ1) is 22.3. The van der Waals surface area contributed by atoms with Gasteiger partial charge in [-0.15, -0.1) is 0 Å². The van der Waals surface area contributed by atoms with Crippen LogP contribution in [0.2, 0.25) is 0 Å². The Hall–Kier alpha value is -3.95. The summed E-state index contributed by atoms with van der Waals surface area (Å²) in [6.45, 7) is 4.77. The number of amides is 3. The molecule has 0 radical (unpaired) electrons. The third-order valence-electron chi connectivity index (χ3n) is 5.59. The molecule has 10 heteroatoms. The molecule has 1 aliphatic rings. The summed E-state index contributed by atoms with van der Waals surface area (Å²) in [6, 6.07) is 10.7. The minimum atomic E-state index is -0.587. The number of fused-ring (bicyclic) bond motifs is 1. The van der Waals surface area contributed by atoms with E-state index in [2.05, 4.69) is 15.4 Å². The van der Waals surface area contributed by atoms with Crippen LogP contribution in [0, 0.1) is 13.8 Å². The summed E-state index contributed by atoms with van der Waals surface area (Å²) in [5.74, 6) is -0.882. The minimum Gasteiger partial charge on any atom is -0.452 e. The van der Waals surface area contributed by atoms with E-state index in [1.165, 1.54) is 0 Å². The molecular weight excluding hydrogens is 424 g/mol. The molecule has 0 aliphatic carbocycles. The highest BCUT2D eigenvalue weighted by Crippen LogP contribution is 2.22. The van der Waals surface area contributed by atoms with Crippen molar-refractivity contribution in [2.24, 2.45) is 7.05 Å². The molecule has 172 valence electrons. The molecule has 0 spiro atoms. The SMILES string of the molecule is Cc1cc(C(=O)OCC(=O)N2CCN(C(=O)Nc3ccccc3)CC2)c2c(C)nn(C)c2n1. The zero-order chi connectivity index (χ0) is 23.5. The largest absolute Gasteiger partial charge is 0.452 e. The van der Waals surface area contributed by atoms with E-state index >= 15 is 0 Å². The first-order chi connectivity index (χ1) is 15.8. The molecule has 2 aromatic heterocycles. The van der Waals surface area contributed by atoms with Crippen molar-refractivity contribution in [3.63, 3.8) is 0 Å². The van der Waals surface area contributed by atoms with Gasteiger partial charge < -0.3 is 19.9 Å². The van der Waals surface area contributed by atoms with Crippen LogP contribution in [0.15, 0.2) is 36.4 Å². The van der Waals surface area contributed by atoms with Gasteiger partial charge in [0.05, 0.1) is 16.6 Å². The molecule has 1 N–H and O–H groups in total. The van der Waals surface area contributed by atoms with Gasteiger partial charge >= 0.3 is 12.0 Å². The fourth-order valence-corrected chi connectivity index (χ4v) is 3.91. The first-order valence-electron chi connectivity index (χ1n) is 10.7. The number of nitrogens with zero attached hydrogens (tertiary/aromatic N) is 5. The Kier molecular flexibility index (Phi) is 6.25. The van der Waals surface area contributed by atoms with Crippen molar-refractivity contribution in [3.8, 4) is 0 Å².